The van der Waals surface area contributed by atoms with Crippen LogP contribution < -0.4 is 5.32 Å². The number of halogens is 1. The highest BCUT2D eigenvalue weighted by molar-refractivity contribution is 6.29. The molecule has 1 aromatic heterocycles. The quantitative estimate of drug-likeness (QED) is 0.761. The topological polar surface area (TPSA) is 41.1 Å². The normalized spacial score (nSPS) is 10.9. The molecule has 5 heteroatoms. The number of hydrogen-bond acceptors (Lipinski definition) is 4. The van der Waals surface area contributed by atoms with Gasteiger partial charge in [-0.3, -0.25) is 0 Å². The average molecular weight is 257 g/mol. The van der Waals surface area contributed by atoms with E-state index in [0.29, 0.717) is 11.1 Å². The molecule has 0 radical (unpaired) electrons. The number of likely N-dealkylation sites (N-methyl/N-ethyl adjacent to an activating group) is 1. The monoisotopic (exact) mass is 256 g/mol. The molecule has 0 spiro atoms. The molecule has 1 aromatic rings. The van der Waals surface area contributed by atoms with Crippen LogP contribution in [0.1, 0.15) is 26.5 Å². The van der Waals surface area contributed by atoms with Crippen molar-refractivity contribution in [3.05, 3.63) is 16.9 Å². The molecule has 0 aliphatic heterocycles. The van der Waals surface area contributed by atoms with E-state index in [1.165, 1.54) is 0 Å². The first-order chi connectivity index (χ1) is 8.19. The van der Waals surface area contributed by atoms with Crippen LogP contribution in [0.4, 0.5) is 5.95 Å². The molecule has 96 valence electrons. The van der Waals surface area contributed by atoms with Gasteiger partial charge >= 0.3 is 0 Å². The lowest BCUT2D eigenvalue weighted by Gasteiger charge is -2.18. The fourth-order valence-electron chi connectivity index (χ4n) is 1.59. The van der Waals surface area contributed by atoms with Crippen molar-refractivity contribution in [3.63, 3.8) is 0 Å². The highest BCUT2D eigenvalue weighted by Gasteiger charge is 2.03. The van der Waals surface area contributed by atoms with E-state index in [1.807, 2.05) is 0 Å². The van der Waals surface area contributed by atoms with E-state index in [-0.39, 0.29) is 0 Å². The molecule has 0 saturated heterocycles. The van der Waals surface area contributed by atoms with Gasteiger partial charge in [-0.05, 0) is 25.6 Å². The van der Waals surface area contributed by atoms with Crippen molar-refractivity contribution >= 4 is 17.5 Å². The second-order valence-corrected chi connectivity index (χ2v) is 4.20. The molecule has 17 heavy (non-hydrogen) atoms. The van der Waals surface area contributed by atoms with Crippen molar-refractivity contribution in [2.45, 2.75) is 27.2 Å². The van der Waals surface area contributed by atoms with Gasteiger partial charge in [-0.15, -0.1) is 0 Å². The van der Waals surface area contributed by atoms with Gasteiger partial charge in [-0.25, -0.2) is 9.97 Å². The van der Waals surface area contributed by atoms with Gasteiger partial charge < -0.3 is 10.2 Å². The van der Waals surface area contributed by atoms with E-state index in [4.69, 9.17) is 11.6 Å². The molecule has 1 N–H and O–H groups in total. The molecule has 0 bridgehead atoms. The molecule has 0 aliphatic carbocycles. The number of aromatic nitrogens is 2. The maximum Gasteiger partial charge on any atom is 0.224 e. The number of rotatable bonds is 7. The van der Waals surface area contributed by atoms with Crippen LogP contribution in [0.2, 0.25) is 5.15 Å². The van der Waals surface area contributed by atoms with Gasteiger partial charge in [0, 0.05) is 18.8 Å². The van der Waals surface area contributed by atoms with Crippen molar-refractivity contribution in [2.24, 2.45) is 0 Å². The largest absolute Gasteiger partial charge is 0.353 e. The SMILES string of the molecule is CCc1cc(Cl)nc(NCCN(CC)CC)n1. The van der Waals surface area contributed by atoms with E-state index in [9.17, 15) is 0 Å². The summed E-state index contributed by atoms with van der Waals surface area (Å²) in [6.45, 7) is 10.3. The smallest absolute Gasteiger partial charge is 0.224 e. The first-order valence-electron chi connectivity index (χ1n) is 6.19. The number of hydrogen-bond donors (Lipinski definition) is 1. The van der Waals surface area contributed by atoms with Crippen LogP contribution >= 0.6 is 11.6 Å². The fourth-order valence-corrected chi connectivity index (χ4v) is 1.80. The molecule has 0 aromatic carbocycles. The van der Waals surface area contributed by atoms with E-state index in [1.54, 1.807) is 6.07 Å². The van der Waals surface area contributed by atoms with Crippen LogP contribution in [0.25, 0.3) is 0 Å². The zero-order valence-electron chi connectivity index (χ0n) is 10.8. The second-order valence-electron chi connectivity index (χ2n) is 3.81. The van der Waals surface area contributed by atoms with Crippen molar-refractivity contribution in [3.8, 4) is 0 Å². The molecule has 0 unspecified atom stereocenters. The third-order valence-corrected chi connectivity index (χ3v) is 2.91. The fraction of sp³-hybridized carbons (Fsp3) is 0.667. The standard InChI is InChI=1S/C12H21ClN4/c1-4-10-9-11(13)16-12(15-10)14-7-8-17(5-2)6-3/h9H,4-8H2,1-3H3,(H,14,15,16). The van der Waals surface area contributed by atoms with Gasteiger partial charge in [0.25, 0.3) is 0 Å². The molecule has 1 rings (SSSR count). The maximum atomic E-state index is 5.92. The van der Waals surface area contributed by atoms with Crippen molar-refractivity contribution in [1.29, 1.82) is 0 Å². The summed E-state index contributed by atoms with van der Waals surface area (Å²) >= 11 is 5.92. The Labute approximate surface area is 108 Å². The van der Waals surface area contributed by atoms with Crippen molar-refractivity contribution in [1.82, 2.24) is 14.9 Å². The summed E-state index contributed by atoms with van der Waals surface area (Å²) in [6.07, 6.45) is 0.868. The van der Waals surface area contributed by atoms with Crippen molar-refractivity contribution < 1.29 is 0 Å². The summed E-state index contributed by atoms with van der Waals surface area (Å²) in [5.74, 6) is 0.626. The molecular weight excluding hydrogens is 236 g/mol. The Morgan fingerprint density at radius 2 is 1.94 bits per heavy atom. The first-order valence-corrected chi connectivity index (χ1v) is 6.57. The number of anilines is 1. The van der Waals surface area contributed by atoms with Gasteiger partial charge in [0.2, 0.25) is 5.95 Å². The molecular formula is C12H21ClN4. The number of nitrogens with one attached hydrogen (secondary N) is 1. The summed E-state index contributed by atoms with van der Waals surface area (Å²) < 4.78 is 0. The van der Waals surface area contributed by atoms with Crippen LogP contribution in [0.15, 0.2) is 6.07 Å². The summed E-state index contributed by atoms with van der Waals surface area (Å²) in [5, 5.41) is 3.71. The summed E-state index contributed by atoms with van der Waals surface area (Å²) in [5.41, 5.74) is 0.968. The molecule has 0 fully saturated rings. The summed E-state index contributed by atoms with van der Waals surface area (Å²) in [7, 11) is 0. The molecule has 4 nitrogen and oxygen atoms in total. The molecule has 0 saturated carbocycles. The lowest BCUT2D eigenvalue weighted by Crippen LogP contribution is -2.29. The number of aryl methyl sites for hydroxylation is 1. The third-order valence-electron chi connectivity index (χ3n) is 2.72. The predicted octanol–water partition coefficient (Wildman–Crippen LogP) is 2.45. The minimum atomic E-state index is 0.502. The van der Waals surface area contributed by atoms with Crippen LogP contribution in [0.5, 0.6) is 0 Å². The van der Waals surface area contributed by atoms with E-state index < -0.39 is 0 Å². The third kappa shape index (κ3) is 4.88. The van der Waals surface area contributed by atoms with Gasteiger partial charge in [-0.1, -0.05) is 32.4 Å². The predicted molar refractivity (Wildman–Crippen MR) is 72.7 cm³/mol. The van der Waals surface area contributed by atoms with Crippen LogP contribution in [0, 0.1) is 0 Å². The summed E-state index contributed by atoms with van der Waals surface area (Å²) in [6, 6.07) is 1.80. The minimum Gasteiger partial charge on any atom is -0.353 e. The molecule has 0 atom stereocenters. The highest BCUT2D eigenvalue weighted by atomic mass is 35.5. The highest BCUT2D eigenvalue weighted by Crippen LogP contribution is 2.10. The van der Waals surface area contributed by atoms with E-state index in [2.05, 4.69) is 41.0 Å². The first kappa shape index (κ1) is 14.2. The van der Waals surface area contributed by atoms with E-state index in [0.717, 1.165) is 38.3 Å². The van der Waals surface area contributed by atoms with Crippen molar-refractivity contribution in [2.75, 3.05) is 31.5 Å². The zero-order valence-corrected chi connectivity index (χ0v) is 11.6. The van der Waals surface area contributed by atoms with Crippen LogP contribution in [-0.2, 0) is 6.42 Å². The van der Waals surface area contributed by atoms with E-state index >= 15 is 0 Å². The molecule has 0 aliphatic rings. The summed E-state index contributed by atoms with van der Waals surface area (Å²) in [4.78, 5) is 10.9. The van der Waals surface area contributed by atoms with Gasteiger partial charge in [0.05, 0.1) is 0 Å². The Balaban J connectivity index is 2.48. The molecule has 1 heterocycles. The Morgan fingerprint density at radius 3 is 2.53 bits per heavy atom. The van der Waals surface area contributed by atoms with Crippen LogP contribution in [0.3, 0.4) is 0 Å². The van der Waals surface area contributed by atoms with Gasteiger partial charge in [0.15, 0.2) is 0 Å². The average Bonchev–Trinajstić information content (AvgIpc) is 2.34. The minimum absolute atomic E-state index is 0.502. The lowest BCUT2D eigenvalue weighted by atomic mass is 10.3. The second kappa shape index (κ2) is 7.45. The Kier molecular flexibility index (Phi) is 6.22. The Hall–Kier alpha value is -0.870. The maximum absolute atomic E-state index is 5.92. The molecule has 0 amide bonds. The Bertz CT molecular complexity index is 339. The van der Waals surface area contributed by atoms with Gasteiger partial charge in [0.1, 0.15) is 5.15 Å². The zero-order chi connectivity index (χ0) is 12.7. The Morgan fingerprint density at radius 1 is 1.24 bits per heavy atom. The van der Waals surface area contributed by atoms with Gasteiger partial charge in [-0.2, -0.15) is 0 Å². The van der Waals surface area contributed by atoms with Crippen LogP contribution in [-0.4, -0.2) is 41.0 Å². The lowest BCUT2D eigenvalue weighted by molar-refractivity contribution is 0.316. The number of nitrogens with zero attached hydrogens (tertiary/aromatic N) is 3.